The van der Waals surface area contributed by atoms with E-state index in [4.69, 9.17) is 28.4 Å². The molecule has 0 radical (unpaired) electrons. The van der Waals surface area contributed by atoms with Gasteiger partial charge in [0.1, 0.15) is 69.0 Å². The molecule has 9 aromatic carbocycles. The molecule has 0 saturated heterocycles. The number of rotatable bonds is 21. The molecule has 21 heteroatoms. The molecule has 0 fully saturated rings. The van der Waals surface area contributed by atoms with Crippen molar-refractivity contribution in [3.05, 3.63) is 217 Å². The summed E-state index contributed by atoms with van der Waals surface area (Å²) in [6.07, 6.45) is 0. The van der Waals surface area contributed by atoms with Gasteiger partial charge in [0.05, 0.1) is 5.56 Å². The highest BCUT2D eigenvalue weighted by Crippen LogP contribution is 2.36. The molecule has 9 rings (SSSR count). The zero-order valence-electron chi connectivity index (χ0n) is 46.2. The first-order chi connectivity index (χ1) is 41.4. The molecule has 0 aliphatic carbocycles. The van der Waals surface area contributed by atoms with E-state index in [1.165, 1.54) is 70.2 Å². The highest BCUT2D eigenvalue weighted by Gasteiger charge is 2.18. The molecule has 7 N–H and O–H groups in total. The lowest BCUT2D eigenvalue weighted by Gasteiger charge is -2.14. The largest absolute Gasteiger partial charge is 0.457 e. The molecule has 0 aromatic heterocycles. The average Bonchev–Trinajstić information content (AvgIpc) is 2.64. The molecule has 86 heavy (non-hydrogen) atoms. The molecule has 0 aliphatic heterocycles. The Labute approximate surface area is 491 Å². The second-order valence-corrected chi connectivity index (χ2v) is 18.8. The Morgan fingerprint density at radius 2 is 0.442 bits per heavy atom. The van der Waals surface area contributed by atoms with Crippen molar-refractivity contribution in [1.82, 2.24) is 0 Å². The molecule has 0 spiro atoms. The van der Waals surface area contributed by atoms with Crippen molar-refractivity contribution in [3.8, 4) is 69.0 Å². The molecule has 9 aromatic rings. The Balaban J connectivity index is 0.870. The third kappa shape index (κ3) is 17.0. The highest BCUT2D eigenvalue weighted by atomic mass is 17.1. The van der Waals surface area contributed by atoms with Gasteiger partial charge in [0, 0.05) is 91.1 Å². The fourth-order valence-corrected chi connectivity index (χ4v) is 8.18. The van der Waals surface area contributed by atoms with Crippen molar-refractivity contribution in [2.24, 2.45) is 0 Å². The quantitative estimate of drug-likeness (QED) is 0.0260. The number of carbonyl (C=O) groups is 7. The fourth-order valence-electron chi connectivity index (χ4n) is 8.18. The molecule has 0 atom stereocenters. The first-order valence-corrected chi connectivity index (χ1v) is 26.1. The molecule has 432 valence electrons. The van der Waals surface area contributed by atoms with Crippen molar-refractivity contribution in [2.75, 3.05) is 31.9 Å². The van der Waals surface area contributed by atoms with E-state index in [1.807, 2.05) is 0 Å². The minimum atomic E-state index is -1.10. The smallest absolute Gasteiger partial charge is 0.373 e. The summed E-state index contributed by atoms with van der Waals surface area (Å²) in [5.74, 6) is 0.455. The van der Waals surface area contributed by atoms with Gasteiger partial charge in [-0.15, -0.1) is 0 Å². The number of amides is 6. The SMILES string of the molecule is CC(=O)Nc1ccc(Oc2cc(Oc3ccc(NC(C)=O)cc3)cc(C(=O)Nc3ccc(Oc4cc(Oc5ccc(NC(=O)c6cc(Oc7ccc(NC(C)=O)cc7)cc(Oc7ccc(NC(C)=O)cc7)c6)cc5)cc(C(=O)OO)c4)cc3)c2)cc1. The first-order valence-electron chi connectivity index (χ1n) is 26.1. The zero-order valence-corrected chi connectivity index (χ0v) is 46.2. The minimum Gasteiger partial charge on any atom is -0.457 e. The Morgan fingerprint density at radius 1 is 0.256 bits per heavy atom. The van der Waals surface area contributed by atoms with Crippen molar-refractivity contribution in [2.45, 2.75) is 27.7 Å². The maximum atomic E-state index is 13.9. The number of anilines is 6. The van der Waals surface area contributed by atoms with E-state index in [0.717, 1.165) is 0 Å². The number of hydrogen-bond donors (Lipinski definition) is 7. The van der Waals surface area contributed by atoms with E-state index < -0.39 is 17.8 Å². The molecule has 21 nitrogen and oxygen atoms in total. The predicted octanol–water partition coefficient (Wildman–Crippen LogP) is 14.4. The van der Waals surface area contributed by atoms with Crippen LogP contribution in [0.4, 0.5) is 34.1 Å². The summed E-state index contributed by atoms with van der Waals surface area (Å²) >= 11 is 0. The maximum absolute atomic E-state index is 13.9. The Hall–Kier alpha value is -12.0. The number of benzene rings is 9. The number of ether oxygens (including phenoxy) is 6. The van der Waals surface area contributed by atoms with Gasteiger partial charge < -0.3 is 60.3 Å². The van der Waals surface area contributed by atoms with Crippen LogP contribution >= 0.6 is 0 Å². The van der Waals surface area contributed by atoms with Gasteiger partial charge in [0.25, 0.3) is 11.8 Å². The van der Waals surface area contributed by atoms with Crippen LogP contribution in [0.2, 0.25) is 0 Å². The minimum absolute atomic E-state index is 0.112. The Kier molecular flexibility index (Phi) is 18.6. The molecule has 0 unspecified atom stereocenters. The highest BCUT2D eigenvalue weighted by molar-refractivity contribution is 6.06. The van der Waals surface area contributed by atoms with Gasteiger partial charge >= 0.3 is 5.97 Å². The lowest BCUT2D eigenvalue weighted by atomic mass is 10.1. The normalized spacial score (nSPS) is 10.5. The van der Waals surface area contributed by atoms with E-state index in [1.54, 1.807) is 158 Å². The molecule has 0 bridgehead atoms. The van der Waals surface area contributed by atoms with Crippen LogP contribution < -0.4 is 60.3 Å². The maximum Gasteiger partial charge on any atom is 0.373 e. The van der Waals surface area contributed by atoms with E-state index in [2.05, 4.69) is 36.8 Å². The average molecular weight is 1160 g/mol. The van der Waals surface area contributed by atoms with Gasteiger partial charge in [0.2, 0.25) is 23.6 Å². The lowest BCUT2D eigenvalue weighted by Crippen LogP contribution is -2.12. The van der Waals surface area contributed by atoms with Crippen LogP contribution in [0.3, 0.4) is 0 Å². The molecule has 0 saturated carbocycles. The second kappa shape index (κ2) is 27.2. The van der Waals surface area contributed by atoms with Gasteiger partial charge in [-0.2, -0.15) is 5.26 Å². The van der Waals surface area contributed by atoms with E-state index >= 15 is 0 Å². The van der Waals surface area contributed by atoms with Crippen LogP contribution in [0.1, 0.15) is 58.8 Å². The Bertz CT molecular complexity index is 3560. The van der Waals surface area contributed by atoms with E-state index in [-0.39, 0.29) is 86.3 Å². The summed E-state index contributed by atoms with van der Waals surface area (Å²) in [5.41, 5.74) is 3.26. The van der Waals surface area contributed by atoms with Crippen LogP contribution in [0.15, 0.2) is 200 Å². The monoisotopic (exact) mass is 1160 g/mol. The third-order valence-electron chi connectivity index (χ3n) is 11.8. The number of carbonyl (C=O) groups excluding carboxylic acids is 7. The van der Waals surface area contributed by atoms with Gasteiger partial charge in [-0.05, 0) is 182 Å². The van der Waals surface area contributed by atoms with Gasteiger partial charge in [-0.3, -0.25) is 33.7 Å². The van der Waals surface area contributed by atoms with Crippen LogP contribution in [0, 0.1) is 0 Å². The van der Waals surface area contributed by atoms with Gasteiger partial charge in [-0.25, -0.2) is 4.79 Å². The van der Waals surface area contributed by atoms with Crippen molar-refractivity contribution in [3.63, 3.8) is 0 Å². The summed E-state index contributed by atoms with van der Waals surface area (Å²) in [4.78, 5) is 90.6. The molecule has 0 heterocycles. The summed E-state index contributed by atoms with van der Waals surface area (Å²) in [7, 11) is 0. The standard InChI is InChI=1S/C65H52N6O15/c1-38(72)66-45-5-17-51(18-6-45)80-57-29-42(30-58(35-57)81-52-19-7-46(8-20-52)67-39(2)73)63(76)70-49-13-25-55(26-14-49)84-61-33-44(65(78)86-79)34-62(37-61)85-56-27-15-50(16-28-56)71-64(77)43-31-59(82-53-21-9-47(10-22-53)68-40(3)74)36-60(32-43)83-54-23-11-48(12-24-54)69-41(4)75/h5-37,79H,1-4H3,(H,66,72)(H,67,73)(H,68,74)(H,69,75)(H,70,76)(H,71,77). The third-order valence-corrected chi connectivity index (χ3v) is 11.8. The predicted molar refractivity (Wildman–Crippen MR) is 320 cm³/mol. The number of nitrogens with one attached hydrogen (secondary N) is 6. The van der Waals surface area contributed by atoms with Crippen LogP contribution in [-0.4, -0.2) is 46.7 Å². The van der Waals surface area contributed by atoms with E-state index in [9.17, 15) is 38.8 Å². The summed E-state index contributed by atoms with van der Waals surface area (Å²) < 4.78 is 36.7. The van der Waals surface area contributed by atoms with Crippen molar-refractivity contribution >= 4 is 75.5 Å². The van der Waals surface area contributed by atoms with Crippen LogP contribution in [-0.2, 0) is 24.1 Å². The van der Waals surface area contributed by atoms with Crippen LogP contribution in [0.5, 0.6) is 69.0 Å². The summed E-state index contributed by atoms with van der Waals surface area (Å²) in [6, 6.07) is 52.7. The summed E-state index contributed by atoms with van der Waals surface area (Å²) in [6.45, 7) is 5.60. The van der Waals surface area contributed by atoms with Crippen LogP contribution in [0.25, 0.3) is 0 Å². The Morgan fingerprint density at radius 3 is 0.628 bits per heavy atom. The van der Waals surface area contributed by atoms with E-state index in [0.29, 0.717) is 57.1 Å². The number of hydrogen-bond acceptors (Lipinski definition) is 15. The topological polar surface area (TPSA) is 277 Å². The van der Waals surface area contributed by atoms with Crippen molar-refractivity contribution < 1.29 is 72.1 Å². The molecule has 0 aliphatic rings. The molecular weight excluding hydrogens is 1100 g/mol. The van der Waals surface area contributed by atoms with Crippen molar-refractivity contribution in [1.29, 1.82) is 0 Å². The summed E-state index contributed by atoms with van der Waals surface area (Å²) in [5, 5.41) is 25.8. The first kappa shape index (κ1) is 58.7. The van der Waals surface area contributed by atoms with Gasteiger partial charge in [0.15, 0.2) is 0 Å². The second-order valence-electron chi connectivity index (χ2n) is 18.8. The lowest BCUT2D eigenvalue weighted by molar-refractivity contribution is -0.182. The van der Waals surface area contributed by atoms with Gasteiger partial charge in [-0.1, -0.05) is 0 Å². The fraction of sp³-hybridized carbons (Fsp3) is 0.0615. The molecular formula is C65H52N6O15. The zero-order chi connectivity index (χ0) is 60.7. The molecule has 6 amide bonds.